The summed E-state index contributed by atoms with van der Waals surface area (Å²) in [5.74, 6) is 0.402. The fourth-order valence-corrected chi connectivity index (χ4v) is 1.83. The van der Waals surface area contributed by atoms with E-state index in [1.54, 1.807) is 0 Å². The first-order valence-electron chi connectivity index (χ1n) is 6.58. The lowest BCUT2D eigenvalue weighted by Gasteiger charge is -2.14. The largest absolute Gasteiger partial charge is 0.354 e. The van der Waals surface area contributed by atoms with Crippen LogP contribution in [0.3, 0.4) is 0 Å². The summed E-state index contributed by atoms with van der Waals surface area (Å²) in [6.07, 6.45) is 1.58. The minimum Gasteiger partial charge on any atom is -0.354 e. The van der Waals surface area contributed by atoms with Crippen molar-refractivity contribution in [1.82, 2.24) is 5.32 Å². The molecule has 0 heterocycles. The van der Waals surface area contributed by atoms with Crippen molar-refractivity contribution in [1.29, 1.82) is 0 Å². The van der Waals surface area contributed by atoms with Crippen LogP contribution >= 0.6 is 0 Å². The maximum atomic E-state index is 11.7. The van der Waals surface area contributed by atoms with Crippen LogP contribution in [0.5, 0.6) is 0 Å². The van der Waals surface area contributed by atoms with Crippen molar-refractivity contribution in [3.8, 4) is 0 Å². The Balaban J connectivity index is 2.29. The molecule has 0 fully saturated rings. The minimum absolute atomic E-state index is 0.0455. The molecule has 1 amide bonds. The summed E-state index contributed by atoms with van der Waals surface area (Å²) in [4.78, 5) is 11.7. The van der Waals surface area contributed by atoms with Gasteiger partial charge in [0.2, 0.25) is 5.91 Å². The maximum Gasteiger partial charge on any atom is 0.236 e. The third kappa shape index (κ3) is 5.32. The van der Waals surface area contributed by atoms with Crippen LogP contribution in [0.4, 0.5) is 0 Å². The molecule has 0 saturated heterocycles. The van der Waals surface area contributed by atoms with Crippen molar-refractivity contribution >= 4 is 5.91 Å². The van der Waals surface area contributed by atoms with E-state index in [0.717, 1.165) is 12.8 Å². The molecule has 1 aromatic rings. The van der Waals surface area contributed by atoms with Gasteiger partial charge in [0, 0.05) is 6.54 Å². The molecule has 3 heteroatoms. The first-order chi connectivity index (χ1) is 8.49. The van der Waals surface area contributed by atoms with E-state index in [2.05, 4.69) is 50.4 Å². The van der Waals surface area contributed by atoms with E-state index in [-0.39, 0.29) is 11.9 Å². The molecule has 0 radical (unpaired) electrons. The fraction of sp³-hybridized carbons (Fsp3) is 0.533. The second kappa shape index (κ2) is 7.17. The highest BCUT2D eigenvalue weighted by molar-refractivity contribution is 5.81. The second-order valence-electron chi connectivity index (χ2n) is 5.26. The lowest BCUT2D eigenvalue weighted by atomic mass is 10.0. The molecule has 0 saturated carbocycles. The molecule has 3 nitrogen and oxygen atoms in total. The molecule has 0 spiro atoms. The van der Waals surface area contributed by atoms with Crippen molar-refractivity contribution in [2.45, 2.75) is 39.7 Å². The summed E-state index contributed by atoms with van der Waals surface area (Å²) in [5.41, 5.74) is 8.29. The van der Waals surface area contributed by atoms with E-state index in [4.69, 9.17) is 5.73 Å². The highest BCUT2D eigenvalue weighted by Crippen LogP contribution is 2.04. The first kappa shape index (κ1) is 14.7. The Morgan fingerprint density at radius 2 is 1.89 bits per heavy atom. The Morgan fingerprint density at radius 3 is 2.44 bits per heavy atom. The van der Waals surface area contributed by atoms with Gasteiger partial charge < -0.3 is 11.1 Å². The summed E-state index contributed by atoms with van der Waals surface area (Å²) < 4.78 is 0. The van der Waals surface area contributed by atoms with Crippen molar-refractivity contribution in [3.05, 3.63) is 35.4 Å². The maximum absolute atomic E-state index is 11.7. The van der Waals surface area contributed by atoms with Gasteiger partial charge >= 0.3 is 0 Å². The molecule has 18 heavy (non-hydrogen) atoms. The van der Waals surface area contributed by atoms with Gasteiger partial charge in [0.1, 0.15) is 0 Å². The second-order valence-corrected chi connectivity index (χ2v) is 5.26. The monoisotopic (exact) mass is 248 g/mol. The molecule has 1 rings (SSSR count). The summed E-state index contributed by atoms with van der Waals surface area (Å²) in [5, 5.41) is 2.89. The van der Waals surface area contributed by atoms with E-state index >= 15 is 0 Å². The molecule has 0 unspecified atom stereocenters. The standard InChI is InChI=1S/C15H24N2O/c1-11(2)10-14(16)15(18)17-9-8-13-6-4-12(3)5-7-13/h4-7,11,14H,8-10,16H2,1-3H3,(H,17,18)/t14-/m0/s1. The van der Waals surface area contributed by atoms with Gasteiger partial charge in [-0.2, -0.15) is 0 Å². The molecular formula is C15H24N2O. The smallest absolute Gasteiger partial charge is 0.236 e. The van der Waals surface area contributed by atoms with Crippen LogP contribution in [0.15, 0.2) is 24.3 Å². The van der Waals surface area contributed by atoms with Gasteiger partial charge in [0.15, 0.2) is 0 Å². The average Bonchev–Trinajstić information content (AvgIpc) is 2.30. The zero-order chi connectivity index (χ0) is 13.5. The SMILES string of the molecule is Cc1ccc(CCNC(=O)[C@@H](N)CC(C)C)cc1. The number of carbonyl (C=O) groups is 1. The molecule has 0 aromatic heterocycles. The zero-order valence-electron chi connectivity index (χ0n) is 11.6. The van der Waals surface area contributed by atoms with Crippen molar-refractivity contribution in [2.75, 3.05) is 6.54 Å². The first-order valence-corrected chi connectivity index (χ1v) is 6.58. The average molecular weight is 248 g/mol. The van der Waals surface area contributed by atoms with E-state index < -0.39 is 0 Å². The van der Waals surface area contributed by atoms with E-state index in [1.807, 2.05) is 0 Å². The van der Waals surface area contributed by atoms with E-state index in [1.165, 1.54) is 11.1 Å². The number of carbonyl (C=O) groups excluding carboxylic acids is 1. The lowest BCUT2D eigenvalue weighted by Crippen LogP contribution is -2.42. The zero-order valence-corrected chi connectivity index (χ0v) is 11.6. The summed E-state index contributed by atoms with van der Waals surface area (Å²) >= 11 is 0. The van der Waals surface area contributed by atoms with Gasteiger partial charge in [-0.25, -0.2) is 0 Å². The van der Waals surface area contributed by atoms with Crippen molar-refractivity contribution in [3.63, 3.8) is 0 Å². The predicted octanol–water partition coefficient (Wildman–Crippen LogP) is 2.03. The van der Waals surface area contributed by atoms with Crippen LogP contribution < -0.4 is 11.1 Å². The predicted molar refractivity (Wildman–Crippen MR) is 75.3 cm³/mol. The molecule has 0 aliphatic carbocycles. The van der Waals surface area contributed by atoms with Gasteiger partial charge in [-0.15, -0.1) is 0 Å². The summed E-state index contributed by atoms with van der Waals surface area (Å²) in [7, 11) is 0. The number of hydrogen-bond acceptors (Lipinski definition) is 2. The van der Waals surface area contributed by atoms with Crippen LogP contribution in [0.1, 0.15) is 31.4 Å². The molecule has 0 bridgehead atoms. The third-order valence-corrected chi connectivity index (χ3v) is 2.90. The molecule has 1 atom stereocenters. The van der Waals surface area contributed by atoms with Crippen LogP contribution in [0.25, 0.3) is 0 Å². The number of amides is 1. The summed E-state index contributed by atoms with van der Waals surface area (Å²) in [6.45, 7) is 6.85. The normalized spacial score (nSPS) is 12.5. The number of aryl methyl sites for hydroxylation is 1. The Kier molecular flexibility index (Phi) is 5.86. The molecule has 1 aromatic carbocycles. The van der Waals surface area contributed by atoms with E-state index in [0.29, 0.717) is 12.5 Å². The van der Waals surface area contributed by atoms with Crippen LogP contribution in [-0.2, 0) is 11.2 Å². The number of benzene rings is 1. The number of hydrogen-bond donors (Lipinski definition) is 2. The summed E-state index contributed by atoms with van der Waals surface area (Å²) in [6, 6.07) is 7.97. The van der Waals surface area contributed by atoms with Gasteiger partial charge in [0.25, 0.3) is 0 Å². The highest BCUT2D eigenvalue weighted by Gasteiger charge is 2.13. The molecule has 3 N–H and O–H groups in total. The molecule has 0 aliphatic heterocycles. The van der Waals surface area contributed by atoms with Crippen molar-refractivity contribution in [2.24, 2.45) is 11.7 Å². The van der Waals surface area contributed by atoms with Crippen molar-refractivity contribution < 1.29 is 4.79 Å². The number of nitrogens with two attached hydrogens (primary N) is 1. The topological polar surface area (TPSA) is 55.1 Å². The molecule has 0 aliphatic rings. The Hall–Kier alpha value is -1.35. The Bertz CT molecular complexity index is 371. The number of nitrogens with one attached hydrogen (secondary N) is 1. The van der Waals surface area contributed by atoms with Crippen LogP contribution in [-0.4, -0.2) is 18.5 Å². The number of rotatable bonds is 6. The third-order valence-electron chi connectivity index (χ3n) is 2.90. The minimum atomic E-state index is -0.386. The highest BCUT2D eigenvalue weighted by atomic mass is 16.2. The molecular weight excluding hydrogens is 224 g/mol. The lowest BCUT2D eigenvalue weighted by molar-refractivity contribution is -0.122. The fourth-order valence-electron chi connectivity index (χ4n) is 1.83. The Morgan fingerprint density at radius 1 is 1.28 bits per heavy atom. The van der Waals surface area contributed by atoms with Crippen LogP contribution in [0.2, 0.25) is 0 Å². The quantitative estimate of drug-likeness (QED) is 0.809. The van der Waals surface area contributed by atoms with Gasteiger partial charge in [0.05, 0.1) is 6.04 Å². The molecule has 100 valence electrons. The van der Waals surface area contributed by atoms with E-state index in [9.17, 15) is 4.79 Å². The van der Waals surface area contributed by atoms with Crippen LogP contribution in [0, 0.1) is 12.8 Å². The van der Waals surface area contributed by atoms with Gasteiger partial charge in [-0.05, 0) is 31.2 Å². The van der Waals surface area contributed by atoms with Gasteiger partial charge in [-0.3, -0.25) is 4.79 Å². The Labute approximate surface area is 110 Å². The van der Waals surface area contributed by atoms with Gasteiger partial charge in [-0.1, -0.05) is 43.7 Å².